The summed E-state index contributed by atoms with van der Waals surface area (Å²) in [6.45, 7) is 0. The van der Waals surface area contributed by atoms with Crippen LogP contribution in [0.5, 0.6) is 0 Å². The summed E-state index contributed by atoms with van der Waals surface area (Å²) in [6.07, 6.45) is -0.0990. The van der Waals surface area contributed by atoms with Crippen LogP contribution in [0.1, 0.15) is 47.9 Å². The average molecular weight is 534 g/mol. The first-order chi connectivity index (χ1) is 16.7. The van der Waals surface area contributed by atoms with Crippen LogP contribution in [-0.2, 0) is 0 Å². The topological polar surface area (TPSA) is 74.8 Å². The van der Waals surface area contributed by atoms with E-state index in [2.05, 4.69) is 0 Å². The van der Waals surface area contributed by atoms with E-state index < -0.39 is 35.4 Å². The molecular weight excluding hydrogens is 518 g/mol. The number of fused-ring (bicyclic) bond motifs is 1. The standard InChI is InChI=1S/C25H16Cl3FN2O4/c26-12-11-21(22(32)14-5-8-16(29)9-6-14)30(23(33)15-7-10-19(27)20(28)13-15)31-24(34)17-3-1-2-4-18(17)25(31)35/h1-10,13,21H,11-12H2/t21-/m1/s1. The molecule has 1 atom stereocenters. The third-order valence-corrected chi connectivity index (χ3v) is 6.43. The third kappa shape index (κ3) is 4.67. The summed E-state index contributed by atoms with van der Waals surface area (Å²) < 4.78 is 13.5. The zero-order valence-electron chi connectivity index (χ0n) is 17.9. The second kappa shape index (κ2) is 10.2. The molecule has 3 aromatic carbocycles. The Morgan fingerprint density at radius 2 is 1.43 bits per heavy atom. The maximum Gasteiger partial charge on any atom is 0.280 e. The number of alkyl halides is 1. The number of halogens is 4. The van der Waals surface area contributed by atoms with Gasteiger partial charge in [-0.05, 0) is 61.0 Å². The summed E-state index contributed by atoms with van der Waals surface area (Å²) in [6, 6.07) is 13.4. The Balaban J connectivity index is 1.85. The molecule has 0 aromatic heterocycles. The molecule has 4 rings (SSSR count). The fraction of sp³-hybridized carbons (Fsp3) is 0.120. The monoisotopic (exact) mass is 532 g/mol. The average Bonchev–Trinajstić information content (AvgIpc) is 3.10. The van der Waals surface area contributed by atoms with Crippen LogP contribution in [0.25, 0.3) is 0 Å². The molecule has 3 amide bonds. The van der Waals surface area contributed by atoms with Gasteiger partial charge in [0.2, 0.25) is 0 Å². The smallest absolute Gasteiger partial charge is 0.280 e. The normalized spacial score (nSPS) is 13.5. The number of benzene rings is 3. The lowest BCUT2D eigenvalue weighted by atomic mass is 10.0. The van der Waals surface area contributed by atoms with Crippen LogP contribution in [0.4, 0.5) is 4.39 Å². The number of amides is 3. The van der Waals surface area contributed by atoms with E-state index in [0.29, 0.717) is 5.01 Å². The van der Waals surface area contributed by atoms with Gasteiger partial charge in [0.15, 0.2) is 5.78 Å². The molecule has 3 aromatic rings. The van der Waals surface area contributed by atoms with Gasteiger partial charge < -0.3 is 0 Å². The van der Waals surface area contributed by atoms with Crippen LogP contribution in [0.15, 0.2) is 66.7 Å². The van der Waals surface area contributed by atoms with Crippen LogP contribution in [-0.4, -0.2) is 45.4 Å². The van der Waals surface area contributed by atoms with Gasteiger partial charge in [-0.2, -0.15) is 5.01 Å². The number of Topliss-reactive ketones (excluding diaryl/α,β-unsaturated/α-hetero) is 1. The molecule has 6 nitrogen and oxygen atoms in total. The predicted molar refractivity (Wildman–Crippen MR) is 129 cm³/mol. The largest absolute Gasteiger partial charge is 0.292 e. The van der Waals surface area contributed by atoms with Crippen LogP contribution < -0.4 is 0 Å². The molecule has 0 saturated heterocycles. The molecule has 0 spiro atoms. The Kier molecular flexibility index (Phi) is 7.21. The predicted octanol–water partition coefficient (Wildman–Crippen LogP) is 5.67. The van der Waals surface area contributed by atoms with Gasteiger partial charge in [-0.1, -0.05) is 35.3 Å². The molecule has 1 aliphatic heterocycles. The van der Waals surface area contributed by atoms with Crippen molar-refractivity contribution in [3.63, 3.8) is 0 Å². The van der Waals surface area contributed by atoms with Crippen molar-refractivity contribution < 1.29 is 23.6 Å². The van der Waals surface area contributed by atoms with Crippen molar-refractivity contribution in [1.29, 1.82) is 0 Å². The van der Waals surface area contributed by atoms with Crippen molar-refractivity contribution in [2.24, 2.45) is 0 Å². The number of rotatable bonds is 7. The van der Waals surface area contributed by atoms with Crippen LogP contribution in [0, 0.1) is 5.82 Å². The Bertz CT molecular complexity index is 1310. The lowest BCUT2D eigenvalue weighted by Gasteiger charge is -2.36. The first kappa shape index (κ1) is 24.9. The number of hydrogen-bond donors (Lipinski definition) is 0. The van der Waals surface area contributed by atoms with Gasteiger partial charge in [-0.25, -0.2) is 9.40 Å². The number of hydrogen-bond acceptors (Lipinski definition) is 4. The summed E-state index contributed by atoms with van der Waals surface area (Å²) in [5.41, 5.74) is 0.235. The highest BCUT2D eigenvalue weighted by Gasteiger charge is 2.46. The van der Waals surface area contributed by atoms with Gasteiger partial charge in [0.1, 0.15) is 11.9 Å². The zero-order chi connectivity index (χ0) is 25.3. The van der Waals surface area contributed by atoms with Gasteiger partial charge >= 0.3 is 0 Å². The van der Waals surface area contributed by atoms with E-state index in [9.17, 15) is 23.6 Å². The highest BCUT2D eigenvalue weighted by Crippen LogP contribution is 2.30. The van der Waals surface area contributed by atoms with Crippen molar-refractivity contribution in [1.82, 2.24) is 10.0 Å². The molecule has 178 valence electrons. The Hall–Kier alpha value is -3.26. The molecule has 0 saturated carbocycles. The minimum Gasteiger partial charge on any atom is -0.292 e. The number of imide groups is 1. The van der Waals surface area contributed by atoms with E-state index in [1.165, 1.54) is 42.5 Å². The van der Waals surface area contributed by atoms with E-state index in [1.54, 1.807) is 12.1 Å². The van der Waals surface area contributed by atoms with Crippen molar-refractivity contribution in [3.8, 4) is 0 Å². The van der Waals surface area contributed by atoms with Gasteiger partial charge in [0.05, 0.1) is 21.2 Å². The highest BCUT2D eigenvalue weighted by atomic mass is 35.5. The van der Waals surface area contributed by atoms with Gasteiger partial charge in [0, 0.05) is 17.0 Å². The summed E-state index contributed by atoms with van der Waals surface area (Å²) in [5, 5.41) is 1.71. The van der Waals surface area contributed by atoms with E-state index in [0.717, 1.165) is 17.1 Å². The molecule has 35 heavy (non-hydrogen) atoms. The van der Waals surface area contributed by atoms with Crippen molar-refractivity contribution in [3.05, 3.63) is 105 Å². The molecular formula is C25H16Cl3FN2O4. The first-order valence-corrected chi connectivity index (χ1v) is 11.7. The molecule has 0 aliphatic carbocycles. The molecule has 1 aliphatic rings. The Morgan fingerprint density at radius 3 is 1.97 bits per heavy atom. The number of hydrazine groups is 1. The summed E-state index contributed by atoms with van der Waals surface area (Å²) >= 11 is 18.1. The summed E-state index contributed by atoms with van der Waals surface area (Å²) in [5.74, 6) is -3.65. The fourth-order valence-electron chi connectivity index (χ4n) is 3.78. The van der Waals surface area contributed by atoms with Crippen molar-refractivity contribution >= 4 is 58.3 Å². The molecule has 0 N–H and O–H groups in total. The second-order valence-electron chi connectivity index (χ2n) is 7.61. The van der Waals surface area contributed by atoms with Crippen molar-refractivity contribution in [2.75, 3.05) is 5.88 Å². The molecule has 10 heteroatoms. The van der Waals surface area contributed by atoms with Crippen LogP contribution in [0.2, 0.25) is 10.0 Å². The molecule has 1 heterocycles. The number of ketones is 1. The summed E-state index contributed by atoms with van der Waals surface area (Å²) in [4.78, 5) is 53.9. The maximum absolute atomic E-state index is 13.8. The number of carbonyl (C=O) groups excluding carboxylic acids is 4. The highest BCUT2D eigenvalue weighted by molar-refractivity contribution is 6.42. The van der Waals surface area contributed by atoms with E-state index in [-0.39, 0.29) is 44.6 Å². The maximum atomic E-state index is 13.8. The number of nitrogens with zero attached hydrogens (tertiary/aromatic N) is 2. The first-order valence-electron chi connectivity index (χ1n) is 10.4. The van der Waals surface area contributed by atoms with Gasteiger partial charge in [-0.3, -0.25) is 19.2 Å². The van der Waals surface area contributed by atoms with E-state index in [4.69, 9.17) is 34.8 Å². The van der Waals surface area contributed by atoms with Crippen molar-refractivity contribution in [2.45, 2.75) is 12.5 Å². The second-order valence-corrected chi connectivity index (χ2v) is 8.80. The Labute approximate surface area is 214 Å². The quantitative estimate of drug-likeness (QED) is 0.223. The lowest BCUT2D eigenvalue weighted by Crippen LogP contribution is -2.57. The molecule has 0 fully saturated rings. The summed E-state index contributed by atoms with van der Waals surface area (Å²) in [7, 11) is 0. The Morgan fingerprint density at radius 1 is 0.857 bits per heavy atom. The zero-order valence-corrected chi connectivity index (χ0v) is 20.1. The SMILES string of the molecule is O=C(c1ccc(F)cc1)[C@@H](CCCl)N(C(=O)c1ccc(Cl)c(Cl)c1)N1C(=O)c2ccccc2C1=O. The van der Waals surface area contributed by atoms with E-state index in [1.807, 2.05) is 0 Å². The van der Waals surface area contributed by atoms with Gasteiger partial charge in [0.25, 0.3) is 17.7 Å². The van der Waals surface area contributed by atoms with Crippen LogP contribution >= 0.6 is 34.8 Å². The molecule has 0 radical (unpaired) electrons. The minimum atomic E-state index is -1.36. The van der Waals surface area contributed by atoms with E-state index >= 15 is 0 Å². The third-order valence-electron chi connectivity index (χ3n) is 5.47. The molecule has 0 bridgehead atoms. The lowest BCUT2D eigenvalue weighted by molar-refractivity contribution is -0.00960. The fourth-order valence-corrected chi connectivity index (χ4v) is 4.28. The van der Waals surface area contributed by atoms with Crippen LogP contribution in [0.3, 0.4) is 0 Å². The minimum absolute atomic E-state index is 0.0116. The number of carbonyl (C=O) groups is 4. The van der Waals surface area contributed by atoms with Gasteiger partial charge in [-0.15, -0.1) is 11.6 Å². The molecule has 0 unspecified atom stereocenters.